The lowest BCUT2D eigenvalue weighted by Crippen LogP contribution is -2.49. The molecule has 0 bridgehead atoms. The molecular weight excluding hydrogens is 506 g/mol. The molecule has 4 rings (SSSR count). The number of benzene rings is 2. The molecule has 2 heterocycles. The van der Waals surface area contributed by atoms with Crippen LogP contribution in [0.3, 0.4) is 0 Å². The minimum absolute atomic E-state index is 0.0371. The number of unbranched alkanes of at least 4 members (excludes halogenated alkanes) is 1. The van der Waals surface area contributed by atoms with Crippen LogP contribution in [0.1, 0.15) is 66.2 Å². The van der Waals surface area contributed by atoms with E-state index >= 15 is 0 Å². The molecule has 0 spiro atoms. The molecule has 0 saturated carbocycles. The van der Waals surface area contributed by atoms with Gasteiger partial charge in [-0.3, -0.25) is 14.6 Å². The number of amides is 1. The second-order valence-corrected chi connectivity index (χ2v) is 10.3. The van der Waals surface area contributed by atoms with Crippen molar-refractivity contribution in [1.29, 1.82) is 0 Å². The van der Waals surface area contributed by atoms with Crippen LogP contribution in [0.15, 0.2) is 72.9 Å². The number of ketones is 1. The lowest BCUT2D eigenvalue weighted by molar-refractivity contribution is -0.138. The number of carbonyl (C=O) groups excluding carboxylic acids is 2. The van der Waals surface area contributed by atoms with Crippen molar-refractivity contribution < 1.29 is 24.5 Å². The van der Waals surface area contributed by atoms with Gasteiger partial charge in [0.1, 0.15) is 17.6 Å². The van der Waals surface area contributed by atoms with E-state index < -0.39 is 12.1 Å². The fraction of sp³-hybridized carbons (Fsp3) is 0.406. The monoisotopic (exact) mass is 545 g/mol. The highest BCUT2D eigenvalue weighted by atomic mass is 16.5. The summed E-state index contributed by atoms with van der Waals surface area (Å²) in [5.74, 6) is 0.783. The van der Waals surface area contributed by atoms with Gasteiger partial charge in [-0.05, 0) is 92.9 Å². The van der Waals surface area contributed by atoms with E-state index in [1.165, 1.54) is 0 Å². The minimum Gasteiger partial charge on any atom is -0.508 e. The number of ether oxygens (including phenoxy) is 1. The Balaban J connectivity index is 1.47. The summed E-state index contributed by atoms with van der Waals surface area (Å²) in [4.78, 5) is 34.9. The van der Waals surface area contributed by atoms with Crippen molar-refractivity contribution in [3.05, 3.63) is 89.7 Å². The average molecular weight is 546 g/mol. The first-order valence-electron chi connectivity index (χ1n) is 14.0. The number of methoxy groups -OCH3 is 1. The van der Waals surface area contributed by atoms with Gasteiger partial charge in [-0.1, -0.05) is 18.2 Å². The summed E-state index contributed by atoms with van der Waals surface area (Å²) in [7, 11) is 1.59. The molecule has 2 atom stereocenters. The third kappa shape index (κ3) is 8.13. The normalized spacial score (nSPS) is 14.9. The van der Waals surface area contributed by atoms with E-state index in [1.807, 2.05) is 18.2 Å². The van der Waals surface area contributed by atoms with Crippen molar-refractivity contribution in [1.82, 2.24) is 14.8 Å². The Hall–Kier alpha value is -3.75. The van der Waals surface area contributed by atoms with Crippen LogP contribution in [-0.2, 0) is 11.3 Å². The summed E-state index contributed by atoms with van der Waals surface area (Å²) >= 11 is 0. The number of aliphatic hydroxyl groups excluding tert-OH is 1. The van der Waals surface area contributed by atoms with Gasteiger partial charge in [0.25, 0.3) is 0 Å². The quantitative estimate of drug-likeness (QED) is 0.222. The standard InChI is InChI=1S/C32H39N3O5/c1-40-28-17-13-24(14-18-28)30(37)9-2-3-10-31(38)35(22-26-8-4-5-19-33-26)29(23-34-20-6-7-21-34)32(39)25-11-15-27(36)16-12-25/h4-5,8,11-19,29,32,36,39H,2-3,6-7,9-10,20-23H2,1H3/t29-,32-/m1/s1. The molecule has 2 aromatic carbocycles. The average Bonchev–Trinajstić information content (AvgIpc) is 3.51. The van der Waals surface area contributed by atoms with E-state index in [1.54, 1.807) is 66.7 Å². The number of aliphatic hydroxyl groups is 1. The highest BCUT2D eigenvalue weighted by Gasteiger charge is 2.33. The Bertz CT molecular complexity index is 1210. The van der Waals surface area contributed by atoms with Gasteiger partial charge in [-0.25, -0.2) is 0 Å². The maximum Gasteiger partial charge on any atom is 0.223 e. The zero-order valence-corrected chi connectivity index (χ0v) is 23.1. The number of rotatable bonds is 14. The molecule has 0 aliphatic carbocycles. The number of aromatic hydroxyl groups is 1. The minimum atomic E-state index is -0.939. The van der Waals surface area contributed by atoms with Crippen molar-refractivity contribution in [2.24, 2.45) is 0 Å². The van der Waals surface area contributed by atoms with Gasteiger partial charge in [0.2, 0.25) is 5.91 Å². The van der Waals surface area contributed by atoms with Crippen LogP contribution in [0.5, 0.6) is 11.5 Å². The number of hydrogen-bond acceptors (Lipinski definition) is 7. The van der Waals surface area contributed by atoms with E-state index in [2.05, 4.69) is 9.88 Å². The highest BCUT2D eigenvalue weighted by molar-refractivity contribution is 5.96. The lowest BCUT2D eigenvalue weighted by Gasteiger charge is -2.37. The predicted molar refractivity (Wildman–Crippen MR) is 153 cm³/mol. The summed E-state index contributed by atoms with van der Waals surface area (Å²) in [6.45, 7) is 2.67. The molecule has 1 saturated heterocycles. The van der Waals surface area contributed by atoms with Gasteiger partial charge in [0.15, 0.2) is 5.78 Å². The molecule has 2 N–H and O–H groups in total. The third-order valence-electron chi connectivity index (χ3n) is 7.48. The molecule has 1 aliphatic rings. The largest absolute Gasteiger partial charge is 0.508 e. The third-order valence-corrected chi connectivity index (χ3v) is 7.48. The van der Waals surface area contributed by atoms with Gasteiger partial charge in [0, 0.05) is 31.1 Å². The molecule has 40 heavy (non-hydrogen) atoms. The van der Waals surface area contributed by atoms with E-state index in [0.717, 1.165) is 31.6 Å². The second-order valence-electron chi connectivity index (χ2n) is 10.3. The first-order valence-corrected chi connectivity index (χ1v) is 14.0. The lowest BCUT2D eigenvalue weighted by atomic mass is 9.98. The topological polar surface area (TPSA) is 103 Å². The number of Topliss-reactive ketones (excluding diaryl/α,β-unsaturated/α-hetero) is 1. The number of phenolic OH excluding ortho intramolecular Hbond substituents is 1. The van der Waals surface area contributed by atoms with Gasteiger partial charge in [0.05, 0.1) is 25.4 Å². The summed E-state index contributed by atoms with van der Waals surface area (Å²) < 4.78 is 5.16. The van der Waals surface area contributed by atoms with E-state index in [0.29, 0.717) is 42.7 Å². The smallest absolute Gasteiger partial charge is 0.223 e. The van der Waals surface area contributed by atoms with Crippen molar-refractivity contribution in [3.8, 4) is 11.5 Å². The van der Waals surface area contributed by atoms with Crippen LogP contribution in [0.2, 0.25) is 0 Å². The van der Waals surface area contributed by atoms with Crippen molar-refractivity contribution >= 4 is 11.7 Å². The Labute approximate surface area is 236 Å². The summed E-state index contributed by atoms with van der Waals surface area (Å²) in [5, 5.41) is 21.3. The molecule has 0 unspecified atom stereocenters. The first-order chi connectivity index (χ1) is 19.4. The maximum absolute atomic E-state index is 13.8. The highest BCUT2D eigenvalue weighted by Crippen LogP contribution is 2.27. The summed E-state index contributed by atoms with van der Waals surface area (Å²) in [6.07, 6.45) is 4.72. The van der Waals surface area contributed by atoms with Gasteiger partial charge < -0.3 is 24.7 Å². The summed E-state index contributed by atoms with van der Waals surface area (Å²) in [6, 6.07) is 18.7. The Kier molecular flexibility index (Phi) is 10.7. The fourth-order valence-corrected chi connectivity index (χ4v) is 5.18. The molecular formula is C32H39N3O5. The van der Waals surface area contributed by atoms with Crippen molar-refractivity contribution in [2.75, 3.05) is 26.7 Å². The van der Waals surface area contributed by atoms with Gasteiger partial charge in [-0.2, -0.15) is 0 Å². The molecule has 1 fully saturated rings. The van der Waals surface area contributed by atoms with Crippen molar-refractivity contribution in [2.45, 2.75) is 57.2 Å². The Morgan fingerprint density at radius 3 is 2.33 bits per heavy atom. The maximum atomic E-state index is 13.8. The van der Waals surface area contributed by atoms with Crippen molar-refractivity contribution in [3.63, 3.8) is 0 Å². The number of hydrogen-bond donors (Lipinski definition) is 2. The van der Waals surface area contributed by atoms with E-state index in [9.17, 15) is 19.8 Å². The SMILES string of the molecule is COc1ccc(C(=O)CCCCC(=O)N(Cc2ccccn2)[C@H](CN2CCCC2)[C@H](O)c2ccc(O)cc2)cc1. The Morgan fingerprint density at radius 1 is 0.975 bits per heavy atom. The summed E-state index contributed by atoms with van der Waals surface area (Å²) in [5.41, 5.74) is 2.02. The molecule has 212 valence electrons. The van der Waals surface area contributed by atoms with Crippen LogP contribution < -0.4 is 4.74 Å². The second kappa shape index (κ2) is 14.6. The molecule has 1 amide bonds. The zero-order chi connectivity index (χ0) is 28.3. The zero-order valence-electron chi connectivity index (χ0n) is 23.1. The Morgan fingerprint density at radius 2 is 1.68 bits per heavy atom. The van der Waals surface area contributed by atoms with Crippen LogP contribution in [0.25, 0.3) is 0 Å². The van der Waals surface area contributed by atoms with Crippen LogP contribution >= 0.6 is 0 Å². The fourth-order valence-electron chi connectivity index (χ4n) is 5.18. The van der Waals surface area contributed by atoms with Crippen LogP contribution in [-0.4, -0.2) is 69.5 Å². The number of aromatic nitrogens is 1. The number of phenols is 1. The number of pyridine rings is 1. The first kappa shape index (κ1) is 29.2. The van der Waals surface area contributed by atoms with Gasteiger partial charge >= 0.3 is 0 Å². The number of likely N-dealkylation sites (tertiary alicyclic amines) is 1. The van der Waals surface area contributed by atoms with E-state index in [-0.39, 0.29) is 30.4 Å². The van der Waals surface area contributed by atoms with Crippen LogP contribution in [0.4, 0.5) is 0 Å². The molecule has 1 aromatic heterocycles. The molecule has 3 aromatic rings. The molecule has 8 nitrogen and oxygen atoms in total. The number of nitrogens with zero attached hydrogens (tertiary/aromatic N) is 3. The molecule has 8 heteroatoms. The van der Waals surface area contributed by atoms with Gasteiger partial charge in [-0.15, -0.1) is 0 Å². The number of carbonyl (C=O) groups is 2. The van der Waals surface area contributed by atoms with E-state index in [4.69, 9.17) is 4.74 Å². The molecule has 0 radical (unpaired) electrons. The van der Waals surface area contributed by atoms with Crippen LogP contribution in [0, 0.1) is 0 Å². The predicted octanol–water partition coefficient (Wildman–Crippen LogP) is 4.77. The molecule has 1 aliphatic heterocycles.